The van der Waals surface area contributed by atoms with E-state index in [0.29, 0.717) is 6.07 Å². The predicted octanol–water partition coefficient (Wildman–Crippen LogP) is 2.32. The van der Waals surface area contributed by atoms with Crippen molar-refractivity contribution < 1.29 is 32.6 Å². The summed E-state index contributed by atoms with van der Waals surface area (Å²) in [4.78, 5) is 21.6. The zero-order valence-electron chi connectivity index (χ0n) is 10.2. The molecule has 0 amide bonds. The first-order chi connectivity index (χ1) is 9.25. The van der Waals surface area contributed by atoms with Crippen LogP contribution in [0, 0.1) is 11.8 Å². The van der Waals surface area contributed by atoms with Gasteiger partial charge in [0, 0.05) is 11.5 Å². The third-order valence-corrected chi connectivity index (χ3v) is 2.15. The Morgan fingerprint density at radius 3 is 2.50 bits per heavy atom. The Bertz CT molecular complexity index is 594. The van der Waals surface area contributed by atoms with Crippen LogP contribution in [-0.4, -0.2) is 23.7 Å². The molecule has 0 spiro atoms. The van der Waals surface area contributed by atoms with Gasteiger partial charge in [-0.3, -0.25) is 0 Å². The second kappa shape index (κ2) is 6.10. The highest BCUT2D eigenvalue weighted by atomic mass is 19.4. The monoisotopic (exact) mass is 286 g/mol. The zero-order chi connectivity index (χ0) is 15.3. The van der Waals surface area contributed by atoms with Gasteiger partial charge in [0.1, 0.15) is 0 Å². The first-order valence-corrected chi connectivity index (χ1v) is 5.39. The van der Waals surface area contributed by atoms with Gasteiger partial charge < -0.3 is 9.84 Å². The third-order valence-electron chi connectivity index (χ3n) is 2.15. The molecule has 0 fully saturated rings. The van der Waals surface area contributed by atoms with Gasteiger partial charge in [-0.25, -0.2) is 9.59 Å². The third kappa shape index (κ3) is 4.02. The molecule has 4 nitrogen and oxygen atoms in total. The van der Waals surface area contributed by atoms with Gasteiger partial charge in [0.25, 0.3) is 0 Å². The van der Waals surface area contributed by atoms with E-state index in [4.69, 9.17) is 5.11 Å². The second-order valence-electron chi connectivity index (χ2n) is 3.53. The summed E-state index contributed by atoms with van der Waals surface area (Å²) in [5.74, 6) is 1.49. The van der Waals surface area contributed by atoms with Crippen LogP contribution in [0.15, 0.2) is 18.2 Å². The van der Waals surface area contributed by atoms with Gasteiger partial charge in [-0.05, 0) is 25.1 Å². The first-order valence-electron chi connectivity index (χ1n) is 5.39. The topological polar surface area (TPSA) is 63.6 Å². The van der Waals surface area contributed by atoms with Crippen molar-refractivity contribution in [3.05, 3.63) is 34.9 Å². The molecule has 0 unspecified atom stereocenters. The number of hydrogen-bond donors (Lipinski definition) is 1. The molecular weight excluding hydrogens is 277 g/mol. The van der Waals surface area contributed by atoms with Gasteiger partial charge in [-0.2, -0.15) is 13.2 Å². The highest BCUT2D eigenvalue weighted by Gasteiger charge is 2.33. The lowest BCUT2D eigenvalue weighted by molar-refractivity contribution is -0.138. The van der Waals surface area contributed by atoms with Gasteiger partial charge in [-0.1, -0.05) is 5.92 Å². The van der Waals surface area contributed by atoms with Gasteiger partial charge in [-0.15, -0.1) is 0 Å². The van der Waals surface area contributed by atoms with Crippen LogP contribution in [0.25, 0.3) is 0 Å². The van der Waals surface area contributed by atoms with Gasteiger partial charge in [0.2, 0.25) is 0 Å². The summed E-state index contributed by atoms with van der Waals surface area (Å²) in [5, 5.41) is 8.68. The van der Waals surface area contributed by atoms with Crippen LogP contribution < -0.4 is 0 Å². The summed E-state index contributed by atoms with van der Waals surface area (Å²) in [7, 11) is 0. The molecule has 7 heteroatoms. The molecule has 0 aliphatic rings. The quantitative estimate of drug-likeness (QED) is 0.669. The number of carboxylic acid groups (broad SMARTS) is 1. The highest BCUT2D eigenvalue weighted by molar-refractivity contribution is 5.90. The maximum atomic E-state index is 12.8. The van der Waals surface area contributed by atoms with Crippen LogP contribution in [0.3, 0.4) is 0 Å². The Labute approximate surface area is 112 Å². The molecule has 0 saturated heterocycles. The zero-order valence-corrected chi connectivity index (χ0v) is 10.2. The Hall–Kier alpha value is -2.49. The fraction of sp³-hybridized carbons (Fsp3) is 0.231. The molecule has 20 heavy (non-hydrogen) atoms. The summed E-state index contributed by atoms with van der Waals surface area (Å²) in [6.45, 7) is 1.58. The van der Waals surface area contributed by atoms with E-state index in [-0.39, 0.29) is 6.61 Å². The van der Waals surface area contributed by atoms with E-state index in [0.717, 1.165) is 12.1 Å². The number of esters is 1. The Balaban J connectivity index is 3.26. The number of halogens is 3. The van der Waals surface area contributed by atoms with Gasteiger partial charge >= 0.3 is 18.1 Å². The molecule has 1 N–H and O–H groups in total. The molecule has 0 aliphatic carbocycles. The van der Waals surface area contributed by atoms with Gasteiger partial charge in [0.15, 0.2) is 0 Å². The molecule has 106 valence electrons. The number of carboxylic acids is 1. The van der Waals surface area contributed by atoms with E-state index in [1.165, 1.54) is 6.92 Å². The van der Waals surface area contributed by atoms with Crippen molar-refractivity contribution >= 4 is 11.9 Å². The van der Waals surface area contributed by atoms with Crippen LogP contribution >= 0.6 is 0 Å². The van der Waals surface area contributed by atoms with Gasteiger partial charge in [0.05, 0.1) is 17.7 Å². The van der Waals surface area contributed by atoms with E-state index >= 15 is 0 Å². The Morgan fingerprint density at radius 2 is 2.00 bits per heavy atom. The minimum absolute atomic E-state index is 0.0532. The summed E-state index contributed by atoms with van der Waals surface area (Å²) < 4.78 is 42.8. The number of aromatic carboxylic acids is 1. The molecule has 0 radical (unpaired) electrons. The standard InChI is InChI=1S/C13H9F3O4/c1-2-20-11(17)6-5-8-3-4-9(12(18)19)7-10(8)13(14,15)16/h3-4,7H,2H2,1H3,(H,18,19). The number of alkyl halides is 3. The largest absolute Gasteiger partial charge is 0.478 e. The number of benzene rings is 1. The van der Waals surface area contributed by atoms with Crippen molar-refractivity contribution in [3.8, 4) is 11.8 Å². The minimum atomic E-state index is -4.77. The highest BCUT2D eigenvalue weighted by Crippen LogP contribution is 2.32. The lowest BCUT2D eigenvalue weighted by Gasteiger charge is -2.09. The van der Waals surface area contributed by atoms with E-state index in [1.807, 2.05) is 11.8 Å². The normalized spacial score (nSPS) is 10.4. The second-order valence-corrected chi connectivity index (χ2v) is 3.53. The average molecular weight is 286 g/mol. The molecule has 0 atom stereocenters. The maximum Gasteiger partial charge on any atom is 0.417 e. The molecular formula is C13H9F3O4. The van der Waals surface area contributed by atoms with Crippen molar-refractivity contribution in [2.75, 3.05) is 6.61 Å². The van der Waals surface area contributed by atoms with Crippen molar-refractivity contribution in [2.24, 2.45) is 0 Å². The first kappa shape index (κ1) is 15.6. The maximum absolute atomic E-state index is 12.8. The van der Waals surface area contributed by atoms with Crippen molar-refractivity contribution in [3.63, 3.8) is 0 Å². The number of carbonyl (C=O) groups excluding carboxylic acids is 1. The summed E-state index contributed by atoms with van der Waals surface area (Å²) in [6, 6.07) is 2.35. The lowest BCUT2D eigenvalue weighted by Crippen LogP contribution is -2.10. The summed E-state index contributed by atoms with van der Waals surface area (Å²) in [6.07, 6.45) is -4.77. The van der Waals surface area contributed by atoms with E-state index in [9.17, 15) is 22.8 Å². The molecule has 1 rings (SSSR count). The fourth-order valence-corrected chi connectivity index (χ4v) is 1.31. The van der Waals surface area contributed by atoms with Crippen molar-refractivity contribution in [1.82, 2.24) is 0 Å². The van der Waals surface area contributed by atoms with Crippen LogP contribution in [0.1, 0.15) is 28.4 Å². The summed E-state index contributed by atoms with van der Waals surface area (Å²) in [5.41, 5.74) is -2.22. The van der Waals surface area contributed by atoms with E-state index in [2.05, 4.69) is 4.74 Å². The lowest BCUT2D eigenvalue weighted by atomic mass is 10.0. The van der Waals surface area contributed by atoms with E-state index < -0.39 is 34.8 Å². The minimum Gasteiger partial charge on any atom is -0.478 e. The fourth-order valence-electron chi connectivity index (χ4n) is 1.31. The molecule has 0 aliphatic heterocycles. The van der Waals surface area contributed by atoms with Crippen LogP contribution in [0.4, 0.5) is 13.2 Å². The van der Waals surface area contributed by atoms with E-state index in [1.54, 1.807) is 0 Å². The van der Waals surface area contributed by atoms with Crippen LogP contribution in [0.2, 0.25) is 0 Å². The molecule has 0 bridgehead atoms. The van der Waals surface area contributed by atoms with Crippen LogP contribution in [-0.2, 0) is 15.7 Å². The molecule has 1 aromatic carbocycles. The molecule has 1 aromatic rings. The number of carbonyl (C=O) groups is 2. The van der Waals surface area contributed by atoms with Crippen molar-refractivity contribution in [2.45, 2.75) is 13.1 Å². The molecule has 0 heterocycles. The number of ether oxygens (including phenoxy) is 1. The number of hydrogen-bond acceptors (Lipinski definition) is 3. The molecule has 0 saturated carbocycles. The number of rotatable bonds is 2. The SMILES string of the molecule is CCOC(=O)C#Cc1ccc(C(=O)O)cc1C(F)(F)F. The summed E-state index contributed by atoms with van der Waals surface area (Å²) >= 11 is 0. The Morgan fingerprint density at radius 1 is 1.35 bits per heavy atom. The smallest absolute Gasteiger partial charge is 0.417 e. The van der Waals surface area contributed by atoms with Crippen LogP contribution in [0.5, 0.6) is 0 Å². The average Bonchev–Trinajstić information content (AvgIpc) is 2.35. The molecule has 0 aromatic heterocycles. The Kier molecular flexibility index (Phi) is 4.75. The van der Waals surface area contributed by atoms with Crippen molar-refractivity contribution in [1.29, 1.82) is 0 Å². The predicted molar refractivity (Wildman–Crippen MR) is 61.9 cm³/mol.